The van der Waals surface area contributed by atoms with Crippen LogP contribution >= 0.6 is 11.3 Å². The number of benzene rings is 1. The summed E-state index contributed by atoms with van der Waals surface area (Å²) >= 11 is 1.55. The molecule has 0 bridgehead atoms. The predicted molar refractivity (Wildman–Crippen MR) is 82.2 cm³/mol. The molecule has 2 N–H and O–H groups in total. The summed E-state index contributed by atoms with van der Waals surface area (Å²) in [5.74, 6) is -0.948. The Balaban J connectivity index is 2.01. The van der Waals surface area contributed by atoms with Crippen molar-refractivity contribution in [3.63, 3.8) is 0 Å². The molecule has 0 aliphatic heterocycles. The molecule has 1 unspecified atom stereocenters. The number of thiophene rings is 1. The van der Waals surface area contributed by atoms with Crippen molar-refractivity contribution in [3.8, 4) is 0 Å². The number of aliphatic carboxylic acids is 1. The third kappa shape index (κ3) is 5.04. The van der Waals surface area contributed by atoms with Gasteiger partial charge in [-0.1, -0.05) is 30.3 Å². The Kier molecular flexibility index (Phi) is 5.51. The first kappa shape index (κ1) is 15.3. The zero-order valence-electron chi connectivity index (χ0n) is 11.5. The number of carbonyl (C=O) groups excluding carboxylic acids is 1. The maximum absolute atomic E-state index is 12.1. The summed E-state index contributed by atoms with van der Waals surface area (Å²) in [6.07, 6.45) is 0.729. The van der Waals surface area contributed by atoms with Gasteiger partial charge in [0.25, 0.3) is 0 Å². The van der Waals surface area contributed by atoms with Crippen LogP contribution in [0.3, 0.4) is 0 Å². The van der Waals surface area contributed by atoms with Crippen LogP contribution in [0.1, 0.15) is 30.0 Å². The highest BCUT2D eigenvalue weighted by Crippen LogP contribution is 2.18. The second-order valence-electron chi connectivity index (χ2n) is 4.77. The van der Waals surface area contributed by atoms with E-state index in [2.05, 4.69) is 5.32 Å². The van der Waals surface area contributed by atoms with E-state index >= 15 is 0 Å². The molecule has 1 amide bonds. The molecule has 1 heterocycles. The molecule has 1 aromatic heterocycles. The lowest BCUT2D eigenvalue weighted by atomic mass is 10.0. The standard InChI is InChI=1S/C16H17NO3S/c18-15(10-12-8-9-21-11-12)17-14(6-7-16(19)20)13-4-2-1-3-5-13/h1-5,8-9,11,14H,6-7,10H2,(H,17,18)(H,19,20). The van der Waals surface area contributed by atoms with E-state index < -0.39 is 5.97 Å². The Labute approximate surface area is 127 Å². The number of hydrogen-bond acceptors (Lipinski definition) is 3. The minimum atomic E-state index is -0.858. The van der Waals surface area contributed by atoms with Crippen molar-refractivity contribution in [2.75, 3.05) is 0 Å². The Hall–Kier alpha value is -2.14. The fraction of sp³-hybridized carbons (Fsp3) is 0.250. The van der Waals surface area contributed by atoms with E-state index in [4.69, 9.17) is 5.11 Å². The van der Waals surface area contributed by atoms with Crippen molar-refractivity contribution >= 4 is 23.2 Å². The van der Waals surface area contributed by atoms with Gasteiger partial charge < -0.3 is 10.4 Å². The first-order valence-electron chi connectivity index (χ1n) is 6.72. The summed E-state index contributed by atoms with van der Waals surface area (Å²) in [5, 5.41) is 15.6. The van der Waals surface area contributed by atoms with Gasteiger partial charge >= 0.3 is 5.97 Å². The van der Waals surface area contributed by atoms with Crippen molar-refractivity contribution in [2.24, 2.45) is 0 Å². The number of rotatable bonds is 7. The minimum Gasteiger partial charge on any atom is -0.481 e. The number of carboxylic acid groups (broad SMARTS) is 1. The van der Waals surface area contributed by atoms with E-state index in [1.165, 1.54) is 0 Å². The number of nitrogens with one attached hydrogen (secondary N) is 1. The van der Waals surface area contributed by atoms with Crippen LogP contribution in [-0.4, -0.2) is 17.0 Å². The maximum atomic E-state index is 12.1. The second kappa shape index (κ2) is 7.59. The Morgan fingerprint density at radius 3 is 2.57 bits per heavy atom. The third-order valence-electron chi connectivity index (χ3n) is 3.13. The van der Waals surface area contributed by atoms with Gasteiger partial charge in [-0.2, -0.15) is 11.3 Å². The lowest BCUT2D eigenvalue weighted by Crippen LogP contribution is -2.30. The molecule has 0 aliphatic rings. The molecule has 0 radical (unpaired) electrons. The van der Waals surface area contributed by atoms with Gasteiger partial charge in [-0.3, -0.25) is 9.59 Å². The van der Waals surface area contributed by atoms with Crippen LogP contribution in [0.4, 0.5) is 0 Å². The molecule has 1 aromatic carbocycles. The zero-order valence-corrected chi connectivity index (χ0v) is 12.3. The number of amides is 1. The largest absolute Gasteiger partial charge is 0.481 e. The summed E-state index contributed by atoms with van der Waals surface area (Å²) in [6, 6.07) is 11.1. The summed E-state index contributed by atoms with van der Waals surface area (Å²) in [4.78, 5) is 22.9. The molecule has 0 saturated heterocycles. The molecular weight excluding hydrogens is 286 g/mol. The van der Waals surface area contributed by atoms with E-state index in [1.54, 1.807) is 11.3 Å². The quantitative estimate of drug-likeness (QED) is 0.826. The van der Waals surface area contributed by atoms with Crippen molar-refractivity contribution in [1.29, 1.82) is 0 Å². The summed E-state index contributed by atoms with van der Waals surface area (Å²) in [5.41, 5.74) is 1.90. The number of carbonyl (C=O) groups is 2. The average molecular weight is 303 g/mol. The first-order valence-corrected chi connectivity index (χ1v) is 7.66. The van der Waals surface area contributed by atoms with Gasteiger partial charge in [0.2, 0.25) is 5.91 Å². The van der Waals surface area contributed by atoms with Crippen LogP contribution < -0.4 is 5.32 Å². The second-order valence-corrected chi connectivity index (χ2v) is 5.55. The predicted octanol–water partition coefficient (Wildman–Crippen LogP) is 3.01. The van der Waals surface area contributed by atoms with E-state index in [0.29, 0.717) is 12.8 Å². The molecule has 110 valence electrons. The summed E-state index contributed by atoms with van der Waals surface area (Å²) in [7, 11) is 0. The molecule has 2 aromatic rings. The van der Waals surface area contributed by atoms with E-state index in [1.807, 2.05) is 47.2 Å². The lowest BCUT2D eigenvalue weighted by molar-refractivity contribution is -0.137. The van der Waals surface area contributed by atoms with Gasteiger partial charge in [-0.25, -0.2) is 0 Å². The fourth-order valence-electron chi connectivity index (χ4n) is 2.10. The average Bonchev–Trinajstić information content (AvgIpc) is 2.97. The van der Waals surface area contributed by atoms with Crippen LogP contribution in [0.25, 0.3) is 0 Å². The van der Waals surface area contributed by atoms with Gasteiger partial charge in [0.1, 0.15) is 0 Å². The smallest absolute Gasteiger partial charge is 0.303 e. The monoisotopic (exact) mass is 303 g/mol. The van der Waals surface area contributed by atoms with Gasteiger partial charge in [0.15, 0.2) is 0 Å². The maximum Gasteiger partial charge on any atom is 0.303 e. The first-order chi connectivity index (χ1) is 10.1. The third-order valence-corrected chi connectivity index (χ3v) is 3.86. The molecule has 0 aliphatic carbocycles. The molecule has 4 nitrogen and oxygen atoms in total. The van der Waals surface area contributed by atoms with E-state index in [9.17, 15) is 9.59 Å². The molecule has 5 heteroatoms. The van der Waals surface area contributed by atoms with Gasteiger partial charge in [-0.15, -0.1) is 0 Å². The van der Waals surface area contributed by atoms with Crippen LogP contribution in [0.2, 0.25) is 0 Å². The van der Waals surface area contributed by atoms with Crippen LogP contribution in [0.15, 0.2) is 47.2 Å². The number of hydrogen-bond donors (Lipinski definition) is 2. The normalized spacial score (nSPS) is 11.8. The topological polar surface area (TPSA) is 66.4 Å². The Bertz CT molecular complexity index is 581. The fourth-order valence-corrected chi connectivity index (χ4v) is 2.77. The zero-order chi connectivity index (χ0) is 15.1. The van der Waals surface area contributed by atoms with Crippen molar-refractivity contribution in [1.82, 2.24) is 5.32 Å². The molecule has 0 spiro atoms. The number of carboxylic acids is 1. The summed E-state index contributed by atoms with van der Waals surface area (Å²) in [6.45, 7) is 0. The molecule has 0 fully saturated rings. The summed E-state index contributed by atoms with van der Waals surface area (Å²) < 4.78 is 0. The Morgan fingerprint density at radius 2 is 1.95 bits per heavy atom. The molecular formula is C16H17NO3S. The van der Waals surface area contributed by atoms with Crippen LogP contribution in [0, 0.1) is 0 Å². The molecule has 2 rings (SSSR count). The SMILES string of the molecule is O=C(O)CCC(NC(=O)Cc1ccsc1)c1ccccc1. The van der Waals surface area contributed by atoms with Gasteiger partial charge in [-0.05, 0) is 34.4 Å². The van der Waals surface area contributed by atoms with E-state index in [0.717, 1.165) is 11.1 Å². The van der Waals surface area contributed by atoms with Crippen molar-refractivity contribution in [2.45, 2.75) is 25.3 Å². The molecule has 0 saturated carbocycles. The van der Waals surface area contributed by atoms with Crippen LogP contribution in [-0.2, 0) is 16.0 Å². The van der Waals surface area contributed by atoms with Crippen molar-refractivity contribution in [3.05, 3.63) is 58.3 Å². The Morgan fingerprint density at radius 1 is 1.19 bits per heavy atom. The van der Waals surface area contributed by atoms with Crippen LogP contribution in [0.5, 0.6) is 0 Å². The highest BCUT2D eigenvalue weighted by Gasteiger charge is 2.16. The molecule has 1 atom stereocenters. The molecule has 21 heavy (non-hydrogen) atoms. The lowest BCUT2D eigenvalue weighted by Gasteiger charge is -2.18. The minimum absolute atomic E-state index is 0.0261. The highest BCUT2D eigenvalue weighted by molar-refractivity contribution is 7.07. The van der Waals surface area contributed by atoms with E-state index in [-0.39, 0.29) is 18.4 Å². The van der Waals surface area contributed by atoms with Crippen molar-refractivity contribution < 1.29 is 14.7 Å². The highest BCUT2D eigenvalue weighted by atomic mass is 32.1. The van der Waals surface area contributed by atoms with Gasteiger partial charge in [0, 0.05) is 6.42 Å². The van der Waals surface area contributed by atoms with Gasteiger partial charge in [0.05, 0.1) is 12.5 Å².